The summed E-state index contributed by atoms with van der Waals surface area (Å²) < 4.78 is 10.3. The summed E-state index contributed by atoms with van der Waals surface area (Å²) in [7, 11) is 0. The Hall–Kier alpha value is -1.44. The predicted molar refractivity (Wildman–Crippen MR) is 72.3 cm³/mol. The largest absolute Gasteiger partial charge is 0.460 e. The van der Waals surface area contributed by atoms with Gasteiger partial charge in [0.25, 0.3) is 0 Å². The summed E-state index contributed by atoms with van der Waals surface area (Å²) in [6.45, 7) is 4.28. The van der Waals surface area contributed by atoms with Gasteiger partial charge in [-0.05, 0) is 18.9 Å². The molecule has 7 nitrogen and oxygen atoms in total. The van der Waals surface area contributed by atoms with E-state index in [-0.39, 0.29) is 24.7 Å². The maximum Gasteiger partial charge on any atom is 0.338 e. The minimum absolute atomic E-state index is 0.0293. The Bertz CT molecular complexity index is 447. The Labute approximate surface area is 123 Å². The van der Waals surface area contributed by atoms with Crippen LogP contribution in [0.3, 0.4) is 0 Å². The summed E-state index contributed by atoms with van der Waals surface area (Å²) in [6.07, 6.45) is -0.242. The molecule has 0 aromatic carbocycles. The summed E-state index contributed by atoms with van der Waals surface area (Å²) in [5, 5.41) is 18.5. The van der Waals surface area contributed by atoms with Gasteiger partial charge in [0.15, 0.2) is 6.10 Å². The molecule has 118 valence electrons. The second-order valence-electron chi connectivity index (χ2n) is 5.45. The van der Waals surface area contributed by atoms with Gasteiger partial charge < -0.3 is 19.7 Å². The van der Waals surface area contributed by atoms with Crippen LogP contribution in [0, 0.1) is 0 Å². The Morgan fingerprint density at radius 3 is 2.81 bits per heavy atom. The summed E-state index contributed by atoms with van der Waals surface area (Å²) in [5.41, 5.74) is 0.866. The number of carbonyl (C=O) groups excluding carboxylic acids is 2. The number of aliphatic hydroxyl groups excluding tert-OH is 2. The molecule has 2 rings (SSSR count). The Balaban J connectivity index is 1.91. The van der Waals surface area contributed by atoms with E-state index in [4.69, 9.17) is 14.6 Å². The molecule has 1 fully saturated rings. The lowest BCUT2D eigenvalue weighted by Crippen LogP contribution is -2.37. The number of ether oxygens (including phenoxy) is 2. The maximum atomic E-state index is 11.5. The van der Waals surface area contributed by atoms with Gasteiger partial charge in [0.05, 0.1) is 12.1 Å². The van der Waals surface area contributed by atoms with Crippen LogP contribution in [0.2, 0.25) is 0 Å². The van der Waals surface area contributed by atoms with Crippen molar-refractivity contribution in [2.45, 2.75) is 44.6 Å². The first-order valence-corrected chi connectivity index (χ1v) is 7.03. The molecule has 0 bridgehead atoms. The predicted octanol–water partition coefficient (Wildman–Crippen LogP) is -0.783. The lowest BCUT2D eigenvalue weighted by atomic mass is 10.1. The summed E-state index contributed by atoms with van der Waals surface area (Å²) >= 11 is 0. The van der Waals surface area contributed by atoms with Gasteiger partial charge in [-0.25, -0.2) is 4.79 Å². The molecule has 3 unspecified atom stereocenters. The lowest BCUT2D eigenvalue weighted by Gasteiger charge is -2.24. The second-order valence-corrected chi connectivity index (χ2v) is 5.45. The van der Waals surface area contributed by atoms with E-state index in [0.717, 1.165) is 25.1 Å². The van der Waals surface area contributed by atoms with Gasteiger partial charge in [-0.2, -0.15) is 0 Å². The maximum absolute atomic E-state index is 11.5. The van der Waals surface area contributed by atoms with Crippen molar-refractivity contribution in [1.82, 2.24) is 4.90 Å². The first-order valence-electron chi connectivity index (χ1n) is 7.03. The SMILES string of the molecule is CC(=O)O[C@@H]1CCN2CC=C(COC(=O)C(O)C(C)O)C12. The zero-order chi connectivity index (χ0) is 15.6. The molecule has 1 saturated heterocycles. The highest BCUT2D eigenvalue weighted by Gasteiger charge is 2.41. The Morgan fingerprint density at radius 2 is 2.19 bits per heavy atom. The first kappa shape index (κ1) is 15.9. The fourth-order valence-electron chi connectivity index (χ4n) is 2.78. The highest BCUT2D eigenvalue weighted by atomic mass is 16.6. The number of hydrogen-bond donors (Lipinski definition) is 2. The zero-order valence-corrected chi connectivity index (χ0v) is 12.2. The molecular formula is C14H21NO6. The van der Waals surface area contributed by atoms with Crippen LogP contribution >= 0.6 is 0 Å². The van der Waals surface area contributed by atoms with Crippen LogP contribution in [-0.2, 0) is 19.1 Å². The van der Waals surface area contributed by atoms with Gasteiger partial charge in [-0.15, -0.1) is 0 Å². The standard InChI is InChI=1S/C14H21NO6/c1-8(16)13(18)14(19)20-7-10-3-5-15-6-4-11(12(10)15)21-9(2)17/h3,8,11-13,16,18H,4-7H2,1-2H3/t8?,11-,12?,13?/m1/s1. The monoisotopic (exact) mass is 299 g/mol. The molecule has 0 amide bonds. The van der Waals surface area contributed by atoms with Crippen LogP contribution in [0.25, 0.3) is 0 Å². The van der Waals surface area contributed by atoms with Gasteiger partial charge >= 0.3 is 11.9 Å². The summed E-state index contributed by atoms with van der Waals surface area (Å²) in [4.78, 5) is 24.8. The topological polar surface area (TPSA) is 96.3 Å². The Kier molecular flexibility index (Phi) is 4.97. The molecule has 4 atom stereocenters. The molecule has 7 heteroatoms. The number of carbonyl (C=O) groups is 2. The van der Waals surface area contributed by atoms with Gasteiger partial charge in [0.1, 0.15) is 12.7 Å². The quantitative estimate of drug-likeness (QED) is 0.507. The van der Waals surface area contributed by atoms with E-state index in [2.05, 4.69) is 4.90 Å². The molecule has 0 aliphatic carbocycles. The highest BCUT2D eigenvalue weighted by molar-refractivity contribution is 5.75. The average molecular weight is 299 g/mol. The van der Waals surface area contributed by atoms with E-state index >= 15 is 0 Å². The van der Waals surface area contributed by atoms with Crippen LogP contribution in [0.5, 0.6) is 0 Å². The third-order valence-electron chi connectivity index (χ3n) is 3.81. The van der Waals surface area contributed by atoms with E-state index in [1.807, 2.05) is 6.08 Å². The van der Waals surface area contributed by atoms with Crippen molar-refractivity contribution in [3.05, 3.63) is 11.6 Å². The minimum atomic E-state index is -1.55. The highest BCUT2D eigenvalue weighted by Crippen LogP contribution is 2.31. The van der Waals surface area contributed by atoms with Crippen molar-refractivity contribution in [3.63, 3.8) is 0 Å². The average Bonchev–Trinajstić information content (AvgIpc) is 2.98. The fraction of sp³-hybridized carbons (Fsp3) is 0.714. The van der Waals surface area contributed by atoms with Gasteiger partial charge in [0, 0.05) is 20.0 Å². The molecule has 2 aliphatic rings. The molecule has 0 radical (unpaired) electrons. The number of fused-ring (bicyclic) bond motifs is 1. The summed E-state index contributed by atoms with van der Waals surface area (Å²) in [6, 6.07) is -0.0645. The van der Waals surface area contributed by atoms with Crippen molar-refractivity contribution in [2.24, 2.45) is 0 Å². The molecule has 21 heavy (non-hydrogen) atoms. The van der Waals surface area contributed by atoms with Crippen molar-refractivity contribution < 1.29 is 29.3 Å². The number of hydrogen-bond acceptors (Lipinski definition) is 7. The third-order valence-corrected chi connectivity index (χ3v) is 3.81. The van der Waals surface area contributed by atoms with Crippen LogP contribution < -0.4 is 0 Å². The number of rotatable bonds is 5. The van der Waals surface area contributed by atoms with Gasteiger partial charge in [-0.3, -0.25) is 9.69 Å². The van der Waals surface area contributed by atoms with E-state index in [1.54, 1.807) is 0 Å². The van der Waals surface area contributed by atoms with Crippen molar-refractivity contribution in [3.8, 4) is 0 Å². The minimum Gasteiger partial charge on any atom is -0.460 e. The van der Waals surface area contributed by atoms with Crippen LogP contribution in [0.1, 0.15) is 20.3 Å². The van der Waals surface area contributed by atoms with Crippen molar-refractivity contribution in [2.75, 3.05) is 19.7 Å². The smallest absolute Gasteiger partial charge is 0.338 e. The lowest BCUT2D eigenvalue weighted by molar-refractivity contribution is -0.158. The molecule has 0 aromatic heterocycles. The van der Waals surface area contributed by atoms with Gasteiger partial charge in [-0.1, -0.05) is 6.08 Å². The molecular weight excluding hydrogens is 278 g/mol. The Morgan fingerprint density at radius 1 is 1.48 bits per heavy atom. The van der Waals surface area contributed by atoms with E-state index in [1.165, 1.54) is 13.8 Å². The fourth-order valence-corrected chi connectivity index (χ4v) is 2.78. The van der Waals surface area contributed by atoms with E-state index < -0.39 is 18.2 Å². The normalized spacial score (nSPS) is 27.7. The third kappa shape index (κ3) is 3.61. The second kappa shape index (κ2) is 6.55. The number of esters is 2. The molecule has 2 aliphatic heterocycles. The molecule has 0 spiro atoms. The molecule has 2 N–H and O–H groups in total. The first-order chi connectivity index (χ1) is 9.90. The van der Waals surface area contributed by atoms with E-state index in [0.29, 0.717) is 0 Å². The van der Waals surface area contributed by atoms with Crippen LogP contribution in [0.4, 0.5) is 0 Å². The van der Waals surface area contributed by atoms with E-state index in [9.17, 15) is 14.7 Å². The number of nitrogens with zero attached hydrogens (tertiary/aromatic N) is 1. The van der Waals surface area contributed by atoms with Crippen LogP contribution in [0.15, 0.2) is 11.6 Å². The summed E-state index contributed by atoms with van der Waals surface area (Å²) in [5.74, 6) is -1.18. The van der Waals surface area contributed by atoms with Crippen LogP contribution in [-0.4, -0.2) is 71.1 Å². The number of aliphatic hydroxyl groups is 2. The van der Waals surface area contributed by atoms with Gasteiger partial charge in [0.2, 0.25) is 0 Å². The zero-order valence-electron chi connectivity index (χ0n) is 12.2. The van der Waals surface area contributed by atoms with Crippen molar-refractivity contribution >= 4 is 11.9 Å². The molecule has 0 aromatic rings. The van der Waals surface area contributed by atoms with Crippen molar-refractivity contribution in [1.29, 1.82) is 0 Å². The molecule has 0 saturated carbocycles. The molecule has 2 heterocycles.